The van der Waals surface area contributed by atoms with Crippen LogP contribution in [-0.2, 0) is 16.1 Å². The third kappa shape index (κ3) is 5.67. The van der Waals surface area contributed by atoms with Gasteiger partial charge in [-0.05, 0) is 47.5 Å². The lowest BCUT2D eigenvalue weighted by Crippen LogP contribution is -2.08. The number of hydrogen-bond donors (Lipinski definition) is 2. The summed E-state index contributed by atoms with van der Waals surface area (Å²) in [5.74, 6) is -0.329. The molecule has 0 fully saturated rings. The van der Waals surface area contributed by atoms with Gasteiger partial charge in [0.15, 0.2) is 0 Å². The SMILES string of the molecule is CC(=O)Nc1ccc(/C=C/C(=O)Nc2cccc(Cn3cccn3)c2)cc1. The molecule has 0 spiro atoms. The number of nitrogens with zero attached hydrogens (tertiary/aromatic N) is 2. The quantitative estimate of drug-likeness (QED) is 0.660. The molecule has 3 aromatic rings. The second-order valence-corrected chi connectivity index (χ2v) is 6.03. The first-order valence-electron chi connectivity index (χ1n) is 8.51. The minimum atomic E-state index is -0.211. The van der Waals surface area contributed by atoms with Gasteiger partial charge in [-0.2, -0.15) is 5.10 Å². The zero-order valence-electron chi connectivity index (χ0n) is 14.9. The van der Waals surface area contributed by atoms with Gasteiger partial charge < -0.3 is 10.6 Å². The Hall–Kier alpha value is -3.67. The van der Waals surface area contributed by atoms with Crippen LogP contribution in [0.1, 0.15) is 18.1 Å². The van der Waals surface area contributed by atoms with Crippen LogP contribution in [0, 0.1) is 0 Å². The van der Waals surface area contributed by atoms with Crippen molar-refractivity contribution in [3.05, 3.63) is 84.2 Å². The van der Waals surface area contributed by atoms with Crippen LogP contribution >= 0.6 is 0 Å². The highest BCUT2D eigenvalue weighted by atomic mass is 16.2. The van der Waals surface area contributed by atoms with Crippen molar-refractivity contribution in [2.45, 2.75) is 13.5 Å². The molecular formula is C21H20N4O2. The lowest BCUT2D eigenvalue weighted by Gasteiger charge is -2.06. The number of benzene rings is 2. The lowest BCUT2D eigenvalue weighted by atomic mass is 10.2. The Balaban J connectivity index is 1.58. The summed E-state index contributed by atoms with van der Waals surface area (Å²) >= 11 is 0. The van der Waals surface area contributed by atoms with E-state index < -0.39 is 0 Å². The van der Waals surface area contributed by atoms with E-state index in [1.165, 1.54) is 13.0 Å². The van der Waals surface area contributed by atoms with Crippen LogP contribution in [0.15, 0.2) is 73.1 Å². The standard InChI is InChI=1S/C21H20N4O2/c1-16(26)23-19-9-6-17(7-10-19)8-11-21(27)24-20-5-2-4-18(14-20)15-25-13-3-12-22-25/h2-14H,15H2,1H3,(H,23,26)(H,24,27)/b11-8+. The molecule has 136 valence electrons. The van der Waals surface area contributed by atoms with Crippen LogP contribution in [0.25, 0.3) is 6.08 Å². The number of carbonyl (C=O) groups is 2. The van der Waals surface area contributed by atoms with Crippen LogP contribution in [0.2, 0.25) is 0 Å². The number of nitrogens with one attached hydrogen (secondary N) is 2. The Morgan fingerprint density at radius 1 is 1.04 bits per heavy atom. The Labute approximate surface area is 157 Å². The molecule has 3 rings (SSSR count). The van der Waals surface area contributed by atoms with Gasteiger partial charge in [0.2, 0.25) is 11.8 Å². The summed E-state index contributed by atoms with van der Waals surface area (Å²) in [4.78, 5) is 23.2. The molecule has 6 heteroatoms. The van der Waals surface area contributed by atoms with E-state index in [0.29, 0.717) is 6.54 Å². The van der Waals surface area contributed by atoms with E-state index in [1.54, 1.807) is 24.4 Å². The van der Waals surface area contributed by atoms with E-state index >= 15 is 0 Å². The molecular weight excluding hydrogens is 340 g/mol. The van der Waals surface area contributed by atoms with Gasteiger partial charge in [0.25, 0.3) is 0 Å². The van der Waals surface area contributed by atoms with Gasteiger partial charge in [0.05, 0.1) is 6.54 Å². The first-order valence-corrected chi connectivity index (χ1v) is 8.51. The van der Waals surface area contributed by atoms with E-state index in [-0.39, 0.29) is 11.8 Å². The average molecular weight is 360 g/mol. The second-order valence-electron chi connectivity index (χ2n) is 6.03. The van der Waals surface area contributed by atoms with E-state index in [4.69, 9.17) is 0 Å². The highest BCUT2D eigenvalue weighted by Gasteiger charge is 2.01. The molecule has 0 saturated heterocycles. The average Bonchev–Trinajstić information content (AvgIpc) is 3.14. The van der Waals surface area contributed by atoms with Crippen LogP contribution in [0.5, 0.6) is 0 Å². The Bertz CT molecular complexity index is 945. The normalized spacial score (nSPS) is 10.7. The van der Waals surface area contributed by atoms with E-state index in [1.807, 2.05) is 53.3 Å². The van der Waals surface area contributed by atoms with Crippen molar-refractivity contribution >= 4 is 29.3 Å². The van der Waals surface area contributed by atoms with Crippen molar-refractivity contribution in [3.8, 4) is 0 Å². The summed E-state index contributed by atoms with van der Waals surface area (Å²) in [6, 6.07) is 16.8. The second kappa shape index (κ2) is 8.62. The number of amides is 2. The van der Waals surface area contributed by atoms with Crippen LogP contribution in [0.4, 0.5) is 11.4 Å². The fourth-order valence-corrected chi connectivity index (χ4v) is 2.57. The van der Waals surface area contributed by atoms with Gasteiger partial charge in [-0.3, -0.25) is 14.3 Å². The largest absolute Gasteiger partial charge is 0.326 e. The van der Waals surface area contributed by atoms with Crippen LogP contribution in [-0.4, -0.2) is 21.6 Å². The number of rotatable bonds is 6. The number of anilines is 2. The molecule has 0 aliphatic carbocycles. The highest BCUT2D eigenvalue weighted by Crippen LogP contribution is 2.13. The summed E-state index contributed by atoms with van der Waals surface area (Å²) in [7, 11) is 0. The van der Waals surface area contributed by atoms with Gasteiger partial charge in [-0.1, -0.05) is 24.3 Å². The third-order valence-electron chi connectivity index (χ3n) is 3.76. The zero-order chi connectivity index (χ0) is 19.1. The van der Waals surface area contributed by atoms with Crippen molar-refractivity contribution in [2.75, 3.05) is 10.6 Å². The molecule has 27 heavy (non-hydrogen) atoms. The van der Waals surface area contributed by atoms with Crippen molar-refractivity contribution in [1.82, 2.24) is 9.78 Å². The molecule has 0 unspecified atom stereocenters. The molecule has 0 saturated carbocycles. The number of aromatic nitrogens is 2. The fraction of sp³-hybridized carbons (Fsp3) is 0.0952. The monoisotopic (exact) mass is 360 g/mol. The van der Waals surface area contributed by atoms with Gasteiger partial charge >= 0.3 is 0 Å². The highest BCUT2D eigenvalue weighted by molar-refractivity contribution is 6.02. The Morgan fingerprint density at radius 2 is 1.85 bits per heavy atom. The molecule has 6 nitrogen and oxygen atoms in total. The molecule has 2 aromatic carbocycles. The maximum atomic E-state index is 12.2. The molecule has 1 heterocycles. The first kappa shape index (κ1) is 18.1. The Kier molecular flexibility index (Phi) is 5.79. The van der Waals surface area contributed by atoms with Gasteiger partial charge in [-0.25, -0.2) is 0 Å². The summed E-state index contributed by atoms with van der Waals surface area (Å²) in [5, 5.41) is 9.74. The van der Waals surface area contributed by atoms with Crippen molar-refractivity contribution in [1.29, 1.82) is 0 Å². The number of carbonyl (C=O) groups excluding carboxylic acids is 2. The minimum absolute atomic E-state index is 0.118. The molecule has 0 atom stereocenters. The lowest BCUT2D eigenvalue weighted by molar-refractivity contribution is -0.114. The van der Waals surface area contributed by atoms with E-state index in [9.17, 15) is 9.59 Å². The maximum absolute atomic E-state index is 12.2. The number of hydrogen-bond acceptors (Lipinski definition) is 3. The van der Waals surface area contributed by atoms with Crippen LogP contribution < -0.4 is 10.6 Å². The molecule has 2 N–H and O–H groups in total. The summed E-state index contributed by atoms with van der Waals surface area (Å²) in [6.45, 7) is 2.11. The van der Waals surface area contributed by atoms with Crippen molar-refractivity contribution in [2.24, 2.45) is 0 Å². The fourth-order valence-electron chi connectivity index (χ4n) is 2.57. The molecule has 0 aliphatic rings. The Morgan fingerprint density at radius 3 is 2.56 bits per heavy atom. The maximum Gasteiger partial charge on any atom is 0.248 e. The van der Waals surface area contributed by atoms with Crippen LogP contribution in [0.3, 0.4) is 0 Å². The van der Waals surface area contributed by atoms with Gasteiger partial charge in [0, 0.05) is 36.8 Å². The molecule has 0 bridgehead atoms. The summed E-state index contributed by atoms with van der Waals surface area (Å²) in [5.41, 5.74) is 3.37. The summed E-state index contributed by atoms with van der Waals surface area (Å²) in [6.07, 6.45) is 6.83. The van der Waals surface area contributed by atoms with Crippen molar-refractivity contribution in [3.63, 3.8) is 0 Å². The van der Waals surface area contributed by atoms with Crippen molar-refractivity contribution < 1.29 is 9.59 Å². The summed E-state index contributed by atoms with van der Waals surface area (Å²) < 4.78 is 1.82. The zero-order valence-corrected chi connectivity index (χ0v) is 14.9. The minimum Gasteiger partial charge on any atom is -0.326 e. The molecule has 1 aromatic heterocycles. The third-order valence-corrected chi connectivity index (χ3v) is 3.76. The van der Waals surface area contributed by atoms with E-state index in [0.717, 1.165) is 22.5 Å². The van der Waals surface area contributed by atoms with Gasteiger partial charge in [0.1, 0.15) is 0 Å². The molecule has 0 radical (unpaired) electrons. The van der Waals surface area contributed by atoms with Gasteiger partial charge in [-0.15, -0.1) is 0 Å². The predicted octanol–water partition coefficient (Wildman–Crippen LogP) is 3.54. The first-order chi connectivity index (χ1) is 13.1. The smallest absolute Gasteiger partial charge is 0.248 e. The molecule has 2 amide bonds. The molecule has 0 aliphatic heterocycles. The van der Waals surface area contributed by atoms with E-state index in [2.05, 4.69) is 15.7 Å². The topological polar surface area (TPSA) is 76.0 Å². The predicted molar refractivity (Wildman–Crippen MR) is 106 cm³/mol.